The second-order valence-electron chi connectivity index (χ2n) is 7.28. The first-order valence-corrected chi connectivity index (χ1v) is 12.1. The van der Waals surface area contributed by atoms with E-state index in [1.807, 2.05) is 0 Å². The van der Waals surface area contributed by atoms with Gasteiger partial charge in [-0.3, -0.25) is 9.52 Å². The summed E-state index contributed by atoms with van der Waals surface area (Å²) in [7, 11) is -3.75. The molecule has 0 unspecified atom stereocenters. The Bertz CT molecular complexity index is 1210. The molecule has 33 heavy (non-hydrogen) atoms. The standard InChI is InChI=1S/C22H22ClN5O4S.H2/c23-19-3-1-2-4-20(19)32-15-22(29)28-13-11-27(12-14-28)17-5-7-18(8-6-17)33(30,31)26-21-9-10-24-16-25-21;/h1-10,16H,11-15H2,(H,24,25,26);1H. The van der Waals surface area contributed by atoms with E-state index in [1.165, 1.54) is 18.6 Å². The average Bonchev–Trinajstić information content (AvgIpc) is 2.84. The number of hydrogen-bond acceptors (Lipinski definition) is 7. The highest BCUT2D eigenvalue weighted by molar-refractivity contribution is 7.92. The summed E-state index contributed by atoms with van der Waals surface area (Å²) in [6, 6.07) is 15.1. The first-order valence-electron chi connectivity index (χ1n) is 10.2. The summed E-state index contributed by atoms with van der Waals surface area (Å²) in [5, 5.41) is 0.466. The summed E-state index contributed by atoms with van der Waals surface area (Å²) in [6.45, 7) is 2.27. The van der Waals surface area contributed by atoms with Gasteiger partial charge in [0.2, 0.25) is 0 Å². The number of para-hydroxylation sites is 1. The molecular weight excluding hydrogens is 466 g/mol. The number of carbonyl (C=O) groups is 1. The van der Waals surface area contributed by atoms with Crippen molar-refractivity contribution >= 4 is 39.0 Å². The number of carbonyl (C=O) groups excluding carboxylic acids is 1. The second-order valence-corrected chi connectivity index (χ2v) is 9.37. The number of nitrogens with one attached hydrogen (secondary N) is 1. The lowest BCUT2D eigenvalue weighted by atomic mass is 10.2. The lowest BCUT2D eigenvalue weighted by molar-refractivity contribution is -0.133. The third kappa shape index (κ3) is 5.71. The summed E-state index contributed by atoms with van der Waals surface area (Å²) in [5.74, 6) is 0.579. The second kappa shape index (κ2) is 10.1. The number of benzene rings is 2. The van der Waals surface area contributed by atoms with Crippen molar-refractivity contribution in [3.8, 4) is 5.75 Å². The Hall–Kier alpha value is -3.37. The molecule has 174 valence electrons. The number of nitrogens with zero attached hydrogens (tertiary/aromatic N) is 4. The summed E-state index contributed by atoms with van der Waals surface area (Å²) in [5.41, 5.74) is 0.885. The molecule has 2 heterocycles. The van der Waals surface area contributed by atoms with Crippen LogP contribution < -0.4 is 14.4 Å². The Morgan fingerprint density at radius 2 is 1.79 bits per heavy atom. The van der Waals surface area contributed by atoms with Crippen molar-refractivity contribution < 1.29 is 19.4 Å². The van der Waals surface area contributed by atoms with E-state index < -0.39 is 10.0 Å². The maximum absolute atomic E-state index is 12.5. The summed E-state index contributed by atoms with van der Waals surface area (Å²) in [4.78, 5) is 24.1. The van der Waals surface area contributed by atoms with Crippen LogP contribution in [0.1, 0.15) is 1.43 Å². The van der Waals surface area contributed by atoms with Crippen LogP contribution in [-0.4, -0.2) is 62.0 Å². The third-order valence-electron chi connectivity index (χ3n) is 5.15. The molecule has 1 aromatic heterocycles. The number of halogens is 1. The van der Waals surface area contributed by atoms with Crippen LogP contribution in [0.5, 0.6) is 5.75 Å². The minimum absolute atomic E-state index is 0. The van der Waals surface area contributed by atoms with E-state index in [-0.39, 0.29) is 24.7 Å². The van der Waals surface area contributed by atoms with Crippen LogP contribution in [0.15, 0.2) is 72.0 Å². The molecule has 4 rings (SSSR count). The smallest absolute Gasteiger partial charge is 0.263 e. The van der Waals surface area contributed by atoms with Gasteiger partial charge in [-0.05, 0) is 42.5 Å². The van der Waals surface area contributed by atoms with Gasteiger partial charge >= 0.3 is 0 Å². The molecule has 0 radical (unpaired) electrons. The Morgan fingerprint density at radius 3 is 2.45 bits per heavy atom. The molecule has 3 aromatic rings. The van der Waals surface area contributed by atoms with Crippen molar-refractivity contribution in [2.24, 2.45) is 0 Å². The topological polar surface area (TPSA) is 105 Å². The maximum Gasteiger partial charge on any atom is 0.263 e. The first-order chi connectivity index (χ1) is 15.9. The van der Waals surface area contributed by atoms with Gasteiger partial charge in [0.1, 0.15) is 17.9 Å². The van der Waals surface area contributed by atoms with Gasteiger partial charge in [0.25, 0.3) is 15.9 Å². The molecule has 1 aliphatic rings. The van der Waals surface area contributed by atoms with Gasteiger partial charge in [0.15, 0.2) is 6.61 Å². The van der Waals surface area contributed by atoms with Crippen molar-refractivity contribution in [1.29, 1.82) is 0 Å². The van der Waals surface area contributed by atoms with Crippen LogP contribution >= 0.6 is 11.6 Å². The molecule has 0 aliphatic carbocycles. The van der Waals surface area contributed by atoms with E-state index in [4.69, 9.17) is 16.3 Å². The number of rotatable bonds is 7. The fourth-order valence-electron chi connectivity index (χ4n) is 3.39. The molecule has 1 N–H and O–H groups in total. The van der Waals surface area contributed by atoms with Gasteiger partial charge in [-0.1, -0.05) is 23.7 Å². The molecule has 0 bridgehead atoms. The number of ether oxygens (including phenoxy) is 1. The molecule has 0 saturated carbocycles. The summed E-state index contributed by atoms with van der Waals surface area (Å²) < 4.78 is 33.1. The van der Waals surface area contributed by atoms with Crippen LogP contribution in [0.2, 0.25) is 5.02 Å². The van der Waals surface area contributed by atoms with E-state index in [0.717, 1.165) is 5.69 Å². The van der Waals surface area contributed by atoms with Gasteiger partial charge in [-0.15, -0.1) is 0 Å². The Labute approximate surface area is 198 Å². The highest BCUT2D eigenvalue weighted by Gasteiger charge is 2.22. The Morgan fingerprint density at radius 1 is 1.06 bits per heavy atom. The molecule has 11 heteroatoms. The van der Waals surface area contributed by atoms with Gasteiger partial charge in [0, 0.05) is 39.5 Å². The minimum atomic E-state index is -3.75. The zero-order valence-corrected chi connectivity index (χ0v) is 19.2. The van der Waals surface area contributed by atoms with Gasteiger partial charge in [0.05, 0.1) is 9.92 Å². The number of hydrogen-bond donors (Lipinski definition) is 1. The summed E-state index contributed by atoms with van der Waals surface area (Å²) in [6.07, 6.45) is 2.73. The van der Waals surface area contributed by atoms with Gasteiger partial charge in [-0.25, -0.2) is 18.4 Å². The predicted octanol–water partition coefficient (Wildman–Crippen LogP) is 2.90. The van der Waals surface area contributed by atoms with Crippen LogP contribution in [0.3, 0.4) is 0 Å². The average molecular weight is 490 g/mol. The molecule has 1 amide bonds. The number of piperazine rings is 1. The van der Waals surface area contributed by atoms with Crippen LogP contribution in [0, 0.1) is 0 Å². The number of amides is 1. The van der Waals surface area contributed by atoms with E-state index >= 15 is 0 Å². The highest BCUT2D eigenvalue weighted by Crippen LogP contribution is 2.24. The zero-order valence-electron chi connectivity index (χ0n) is 17.6. The zero-order chi connectivity index (χ0) is 23.3. The quantitative estimate of drug-likeness (QED) is 0.544. The maximum atomic E-state index is 12.5. The molecule has 2 aromatic carbocycles. The predicted molar refractivity (Wildman–Crippen MR) is 127 cm³/mol. The van der Waals surface area contributed by atoms with Gasteiger partial charge in [-0.2, -0.15) is 0 Å². The number of sulfonamides is 1. The van der Waals surface area contributed by atoms with E-state index in [2.05, 4.69) is 19.6 Å². The van der Waals surface area contributed by atoms with Crippen molar-refractivity contribution in [3.05, 3.63) is 72.1 Å². The first kappa shape index (κ1) is 22.8. The van der Waals surface area contributed by atoms with Crippen molar-refractivity contribution in [1.82, 2.24) is 14.9 Å². The largest absolute Gasteiger partial charge is 0.482 e. The van der Waals surface area contributed by atoms with Crippen molar-refractivity contribution in [3.63, 3.8) is 0 Å². The Kier molecular flexibility index (Phi) is 6.95. The molecular formula is C22H24ClN5O4S. The molecule has 1 aliphatic heterocycles. The van der Waals surface area contributed by atoms with Gasteiger partial charge < -0.3 is 14.5 Å². The van der Waals surface area contributed by atoms with Crippen LogP contribution in [-0.2, 0) is 14.8 Å². The minimum Gasteiger partial charge on any atom is -0.482 e. The fraction of sp³-hybridized carbons (Fsp3) is 0.227. The monoisotopic (exact) mass is 489 g/mol. The number of anilines is 2. The lowest BCUT2D eigenvalue weighted by Crippen LogP contribution is -2.50. The number of aromatic nitrogens is 2. The third-order valence-corrected chi connectivity index (χ3v) is 6.84. The van der Waals surface area contributed by atoms with Crippen LogP contribution in [0.4, 0.5) is 11.5 Å². The molecule has 0 spiro atoms. The molecule has 0 atom stereocenters. The van der Waals surface area contributed by atoms with Crippen molar-refractivity contribution in [2.75, 3.05) is 42.4 Å². The van der Waals surface area contributed by atoms with E-state index in [9.17, 15) is 13.2 Å². The van der Waals surface area contributed by atoms with Crippen molar-refractivity contribution in [2.45, 2.75) is 4.90 Å². The Balaban J connectivity index is 0.00000324. The molecule has 1 saturated heterocycles. The summed E-state index contributed by atoms with van der Waals surface area (Å²) >= 11 is 6.06. The molecule has 9 nitrogen and oxygen atoms in total. The SMILES string of the molecule is O=C(COc1ccccc1Cl)N1CCN(c2ccc(S(=O)(=O)Nc3ccncn3)cc2)CC1.[HH]. The van der Waals surface area contributed by atoms with Crippen LogP contribution in [0.25, 0.3) is 0 Å². The fourth-order valence-corrected chi connectivity index (χ4v) is 4.59. The van der Waals surface area contributed by atoms with E-state index in [0.29, 0.717) is 37.0 Å². The van der Waals surface area contributed by atoms with E-state index in [1.54, 1.807) is 53.4 Å². The lowest BCUT2D eigenvalue weighted by Gasteiger charge is -2.36. The normalized spacial score (nSPS) is 14.1. The molecule has 1 fully saturated rings. The highest BCUT2D eigenvalue weighted by atomic mass is 35.5.